The van der Waals surface area contributed by atoms with Crippen LogP contribution in [0.5, 0.6) is 0 Å². The van der Waals surface area contributed by atoms with Crippen LogP contribution in [0.3, 0.4) is 0 Å². The van der Waals surface area contributed by atoms with Gasteiger partial charge in [-0.3, -0.25) is 0 Å². The molecule has 0 N–H and O–H groups in total. The summed E-state index contributed by atoms with van der Waals surface area (Å²) in [6.07, 6.45) is 6.42. The van der Waals surface area contributed by atoms with E-state index in [1.807, 2.05) is 0 Å². The summed E-state index contributed by atoms with van der Waals surface area (Å²) >= 11 is 1.53. The molecule has 18 heavy (non-hydrogen) atoms. The van der Waals surface area contributed by atoms with Gasteiger partial charge < -0.3 is 9.64 Å². The van der Waals surface area contributed by atoms with Crippen molar-refractivity contribution in [1.82, 2.24) is 4.98 Å². The molecule has 1 fully saturated rings. The number of nitrogens with zero attached hydrogens (tertiary/aromatic N) is 2. The van der Waals surface area contributed by atoms with E-state index >= 15 is 0 Å². The molecule has 1 aromatic heterocycles. The summed E-state index contributed by atoms with van der Waals surface area (Å²) in [6.45, 7) is 3.09. The first kappa shape index (κ1) is 13.3. The maximum Gasteiger partial charge on any atom is 0.357 e. The molecule has 0 aliphatic heterocycles. The first-order valence-electron chi connectivity index (χ1n) is 6.56. The van der Waals surface area contributed by atoms with Crippen LogP contribution in [0.2, 0.25) is 0 Å². The Morgan fingerprint density at radius 2 is 2.22 bits per heavy atom. The van der Waals surface area contributed by atoms with E-state index in [-0.39, 0.29) is 5.97 Å². The standard InChI is InChI=1S/C13H20N2O2S/c1-3-15(10-7-5-4-6-8-10)13-14-11(9-18-13)12(16)17-2/h9-10H,3-8H2,1-2H3. The molecule has 100 valence electrons. The Morgan fingerprint density at radius 1 is 1.50 bits per heavy atom. The third kappa shape index (κ3) is 2.83. The lowest BCUT2D eigenvalue weighted by Gasteiger charge is -2.33. The van der Waals surface area contributed by atoms with Crippen LogP contribution in [0.4, 0.5) is 5.13 Å². The van der Waals surface area contributed by atoms with Crippen molar-refractivity contribution in [3.8, 4) is 0 Å². The van der Waals surface area contributed by atoms with Crippen LogP contribution in [0.25, 0.3) is 0 Å². The van der Waals surface area contributed by atoms with Crippen LogP contribution in [0.1, 0.15) is 49.5 Å². The summed E-state index contributed by atoms with van der Waals surface area (Å²) in [5.41, 5.74) is 0.423. The molecule has 0 aromatic carbocycles. The molecular formula is C13H20N2O2S. The topological polar surface area (TPSA) is 42.4 Å². The zero-order chi connectivity index (χ0) is 13.0. The fraction of sp³-hybridized carbons (Fsp3) is 0.692. The molecule has 0 atom stereocenters. The summed E-state index contributed by atoms with van der Waals surface area (Å²) in [5.74, 6) is -0.350. The van der Waals surface area contributed by atoms with Crippen molar-refractivity contribution in [1.29, 1.82) is 0 Å². The lowest BCUT2D eigenvalue weighted by molar-refractivity contribution is 0.0595. The predicted octanol–water partition coefficient (Wildman–Crippen LogP) is 3.09. The molecule has 0 spiro atoms. The molecule has 0 bridgehead atoms. The minimum atomic E-state index is -0.350. The smallest absolute Gasteiger partial charge is 0.357 e. The van der Waals surface area contributed by atoms with E-state index in [1.165, 1.54) is 50.6 Å². The number of carbonyl (C=O) groups is 1. The number of thiazole rings is 1. The van der Waals surface area contributed by atoms with Crippen LogP contribution >= 0.6 is 11.3 Å². The van der Waals surface area contributed by atoms with Crippen molar-refractivity contribution in [2.24, 2.45) is 0 Å². The number of hydrogen-bond acceptors (Lipinski definition) is 5. The maximum atomic E-state index is 11.4. The van der Waals surface area contributed by atoms with Gasteiger partial charge in [-0.25, -0.2) is 9.78 Å². The highest BCUT2D eigenvalue weighted by Gasteiger charge is 2.23. The Bertz CT molecular complexity index is 399. The van der Waals surface area contributed by atoms with Gasteiger partial charge in [0.1, 0.15) is 0 Å². The summed E-state index contributed by atoms with van der Waals surface area (Å²) < 4.78 is 4.70. The number of esters is 1. The van der Waals surface area contributed by atoms with Crippen LogP contribution in [0, 0.1) is 0 Å². The summed E-state index contributed by atoms with van der Waals surface area (Å²) in [7, 11) is 1.39. The Balaban J connectivity index is 2.11. The summed E-state index contributed by atoms with van der Waals surface area (Å²) in [6, 6.07) is 0.584. The fourth-order valence-electron chi connectivity index (χ4n) is 2.54. The van der Waals surface area contributed by atoms with E-state index in [0.717, 1.165) is 11.7 Å². The van der Waals surface area contributed by atoms with Gasteiger partial charge in [-0.15, -0.1) is 11.3 Å². The normalized spacial score (nSPS) is 16.6. The molecule has 1 aliphatic rings. The highest BCUT2D eigenvalue weighted by Crippen LogP contribution is 2.29. The monoisotopic (exact) mass is 268 g/mol. The summed E-state index contributed by atoms with van der Waals surface area (Å²) in [5, 5.41) is 2.73. The molecule has 0 unspecified atom stereocenters. The van der Waals surface area contributed by atoms with E-state index in [9.17, 15) is 4.79 Å². The van der Waals surface area contributed by atoms with E-state index in [0.29, 0.717) is 11.7 Å². The number of rotatable bonds is 4. The average molecular weight is 268 g/mol. The summed E-state index contributed by atoms with van der Waals surface area (Å²) in [4.78, 5) is 18.1. The van der Waals surface area contributed by atoms with Crippen molar-refractivity contribution in [3.63, 3.8) is 0 Å². The van der Waals surface area contributed by atoms with Gasteiger partial charge in [-0.1, -0.05) is 19.3 Å². The van der Waals surface area contributed by atoms with Crippen LogP contribution < -0.4 is 4.90 Å². The van der Waals surface area contributed by atoms with Crippen molar-refractivity contribution in [3.05, 3.63) is 11.1 Å². The highest BCUT2D eigenvalue weighted by atomic mass is 32.1. The van der Waals surface area contributed by atoms with E-state index in [1.54, 1.807) is 5.38 Å². The van der Waals surface area contributed by atoms with Gasteiger partial charge in [0.15, 0.2) is 10.8 Å². The molecule has 1 saturated carbocycles. The van der Waals surface area contributed by atoms with E-state index in [2.05, 4.69) is 16.8 Å². The lowest BCUT2D eigenvalue weighted by atomic mass is 9.94. The maximum absolute atomic E-state index is 11.4. The van der Waals surface area contributed by atoms with Crippen molar-refractivity contribution in [2.45, 2.75) is 45.1 Å². The van der Waals surface area contributed by atoms with Gasteiger partial charge in [0.05, 0.1) is 7.11 Å². The van der Waals surface area contributed by atoms with Gasteiger partial charge in [-0.2, -0.15) is 0 Å². The number of methoxy groups -OCH3 is 1. The fourth-order valence-corrected chi connectivity index (χ4v) is 3.47. The Hall–Kier alpha value is -1.10. The SMILES string of the molecule is CCN(c1nc(C(=O)OC)cs1)C1CCCCC1. The molecule has 5 heteroatoms. The number of carbonyl (C=O) groups excluding carboxylic acids is 1. The van der Waals surface area contributed by atoms with E-state index in [4.69, 9.17) is 4.74 Å². The highest BCUT2D eigenvalue weighted by molar-refractivity contribution is 7.13. The molecule has 0 radical (unpaired) electrons. The van der Waals surface area contributed by atoms with Crippen LogP contribution in [0.15, 0.2) is 5.38 Å². The largest absolute Gasteiger partial charge is 0.464 e. The van der Waals surface area contributed by atoms with Gasteiger partial charge in [0.2, 0.25) is 0 Å². The minimum Gasteiger partial charge on any atom is -0.464 e. The first-order valence-corrected chi connectivity index (χ1v) is 7.44. The number of anilines is 1. The van der Waals surface area contributed by atoms with Crippen molar-refractivity contribution in [2.75, 3.05) is 18.6 Å². The number of aromatic nitrogens is 1. The zero-order valence-corrected chi connectivity index (χ0v) is 11.8. The number of hydrogen-bond donors (Lipinski definition) is 0. The van der Waals surface area contributed by atoms with Crippen LogP contribution in [-0.4, -0.2) is 30.6 Å². The molecule has 2 rings (SSSR count). The Labute approximate surface area is 112 Å². The molecule has 1 aliphatic carbocycles. The number of ether oxygens (including phenoxy) is 1. The second-order valence-corrected chi connectivity index (χ2v) is 5.42. The third-order valence-electron chi connectivity index (χ3n) is 3.49. The quantitative estimate of drug-likeness (QED) is 0.787. The van der Waals surface area contributed by atoms with Gasteiger partial charge in [0, 0.05) is 18.0 Å². The second-order valence-electron chi connectivity index (χ2n) is 4.58. The molecular weight excluding hydrogens is 248 g/mol. The molecule has 4 nitrogen and oxygen atoms in total. The van der Waals surface area contributed by atoms with Gasteiger partial charge >= 0.3 is 5.97 Å². The predicted molar refractivity (Wildman–Crippen MR) is 73.3 cm³/mol. The second kappa shape index (κ2) is 6.18. The van der Waals surface area contributed by atoms with Crippen molar-refractivity contribution >= 4 is 22.4 Å². The average Bonchev–Trinajstić information content (AvgIpc) is 2.89. The van der Waals surface area contributed by atoms with Crippen LogP contribution in [-0.2, 0) is 4.74 Å². The Kier molecular flexibility index (Phi) is 4.58. The van der Waals surface area contributed by atoms with Crippen molar-refractivity contribution < 1.29 is 9.53 Å². The molecule has 1 heterocycles. The van der Waals surface area contributed by atoms with E-state index < -0.39 is 0 Å². The Morgan fingerprint density at radius 3 is 2.83 bits per heavy atom. The first-order chi connectivity index (χ1) is 8.76. The van der Waals surface area contributed by atoms with Gasteiger partial charge in [0.25, 0.3) is 0 Å². The zero-order valence-electron chi connectivity index (χ0n) is 11.0. The molecule has 0 saturated heterocycles. The molecule has 1 aromatic rings. The minimum absolute atomic E-state index is 0.350. The van der Waals surface area contributed by atoms with Gasteiger partial charge in [-0.05, 0) is 19.8 Å². The molecule has 0 amide bonds. The lowest BCUT2D eigenvalue weighted by Crippen LogP contribution is -2.36. The third-order valence-corrected chi connectivity index (χ3v) is 4.37.